The predicted molar refractivity (Wildman–Crippen MR) is 163 cm³/mol. The standard InChI is InChI=1S/B27S/c1-14-22(16(2)3)26(21(12)13)23(15-28)27(24(17(4)5)18(6)7)25(19(8)9)20(10)11. The van der Waals surface area contributed by atoms with Gasteiger partial charge in [-0.2, -0.15) is 0 Å². The molecule has 27 radical (unpaired) electrons. The SMILES string of the molecule is [B][B]B(B([B])[B])B(B([B])[B])B(B=S)B(B(B([B])[B])B([B])[B])B(B([B])[B])B([B])[B]. The Bertz CT molecular complexity index is 382. The summed E-state index contributed by atoms with van der Waals surface area (Å²) in [7, 11) is 78.7. The number of rotatable bonds is 13. The van der Waals surface area contributed by atoms with Gasteiger partial charge in [0.1, 0.15) is 0 Å². The Labute approximate surface area is 201 Å². The van der Waals surface area contributed by atoms with Crippen LogP contribution >= 0.6 is 12.1 Å². The molecule has 0 rings (SSSR count). The average molecular weight is 324 g/mol. The summed E-state index contributed by atoms with van der Waals surface area (Å²) in [6, 6.07) is 1.43. The van der Waals surface area contributed by atoms with Gasteiger partial charge in [0.15, 0.2) is 0 Å². The minimum atomic E-state index is -0.969. The molecule has 0 amide bonds. The molecule has 28 heavy (non-hydrogen) atoms. The van der Waals surface area contributed by atoms with Crippen LogP contribution in [0.5, 0.6) is 0 Å². The van der Waals surface area contributed by atoms with Gasteiger partial charge >= 0.3 is 202 Å². The van der Waals surface area contributed by atoms with E-state index < -0.39 is 76.6 Å². The molecule has 87 valence electrons. The van der Waals surface area contributed by atoms with Crippen molar-refractivity contribution in [2.75, 3.05) is 0 Å². The molecule has 0 atom stereocenters. The van der Waals surface area contributed by atoms with Gasteiger partial charge < -0.3 is 0 Å². The second-order valence-electron chi connectivity index (χ2n) is 7.26. The van der Waals surface area contributed by atoms with Crippen LogP contribution in [0, 0.1) is 0 Å². The molecule has 0 aliphatic heterocycles. The maximum absolute atomic E-state index is 6.04. The second kappa shape index (κ2) is 14.2. The van der Waals surface area contributed by atoms with E-state index in [1.54, 1.807) is 0 Å². The van der Waals surface area contributed by atoms with Crippen LogP contribution in [0.3, 0.4) is 0 Å². The van der Waals surface area contributed by atoms with Crippen LogP contribution in [0.1, 0.15) is 0 Å². The third-order valence-corrected chi connectivity index (χ3v) is 5.58. The first-order valence-electron chi connectivity index (χ1n) is 8.90. The van der Waals surface area contributed by atoms with Gasteiger partial charge in [0.25, 0.3) is 0 Å². The van der Waals surface area contributed by atoms with E-state index in [1.807, 2.05) is 0 Å². The fourth-order valence-electron chi connectivity index (χ4n) is 4.03. The van der Waals surface area contributed by atoms with Crippen molar-refractivity contribution in [3.8, 4) is 0 Å². The van der Waals surface area contributed by atoms with Crippen LogP contribution in [-0.2, 0) is 0 Å². The Hall–Kier alpha value is 1.97. The fraction of sp³-hybridized carbons (Fsp3) is 0. The molecule has 0 unspecified atom stereocenters. The number of hydrogen-bond acceptors (Lipinski definition) is 1. The van der Waals surface area contributed by atoms with Crippen molar-refractivity contribution in [2.45, 2.75) is 0 Å². The first kappa shape index (κ1) is 30.0. The summed E-state index contributed by atoms with van der Waals surface area (Å²) in [5.74, 6) is 0. The first-order chi connectivity index (χ1) is 12.8. The van der Waals surface area contributed by atoms with Crippen LogP contribution in [0.2, 0.25) is 0 Å². The molecule has 0 N–H and O–H groups in total. The first-order valence-corrected chi connectivity index (χ1v) is 9.37. The monoisotopic (exact) mass is 329 g/mol. The van der Waals surface area contributed by atoms with Crippen molar-refractivity contribution in [1.82, 2.24) is 0 Å². The van der Waals surface area contributed by atoms with Gasteiger partial charge in [-0.1, -0.05) is 0 Å². The van der Waals surface area contributed by atoms with Crippen molar-refractivity contribution in [3.05, 3.63) is 0 Å². The summed E-state index contributed by atoms with van der Waals surface area (Å²) in [6.45, 7) is 0. The molecule has 0 heterocycles. The molecule has 28 heteroatoms. The third-order valence-electron chi connectivity index (χ3n) is 5.27. The van der Waals surface area contributed by atoms with Gasteiger partial charge in [-0.15, -0.1) is 0 Å². The van der Waals surface area contributed by atoms with Gasteiger partial charge in [-0.25, -0.2) is 0 Å². The summed E-state index contributed by atoms with van der Waals surface area (Å²) >= 11 is 5.28. The van der Waals surface area contributed by atoms with Crippen molar-refractivity contribution < 1.29 is 0 Å². The molecule has 0 aliphatic carbocycles. The molecule has 0 bridgehead atoms. The Morgan fingerprint density at radius 2 is 0.750 bits per heavy atom. The van der Waals surface area contributed by atoms with Crippen LogP contribution < -0.4 is 0 Å². The topological polar surface area (TPSA) is 0 Å². The van der Waals surface area contributed by atoms with E-state index in [0.717, 1.165) is 0 Å². The normalized spacial score (nSPS) is 9.14. The summed E-state index contributed by atoms with van der Waals surface area (Å²) in [5.41, 5.74) is 0. The van der Waals surface area contributed by atoms with Crippen molar-refractivity contribution in [1.29, 1.82) is 0 Å². The van der Waals surface area contributed by atoms with E-state index in [4.69, 9.17) is 113 Å². The Morgan fingerprint density at radius 1 is 0.429 bits per heavy atom. The second-order valence-corrected chi connectivity index (χ2v) is 7.53. The van der Waals surface area contributed by atoms with Gasteiger partial charge in [-0.3, -0.25) is 0 Å². The zero-order chi connectivity index (χ0) is 22.3. The van der Waals surface area contributed by atoms with Crippen LogP contribution in [0.15, 0.2) is 0 Å². The fourth-order valence-corrected chi connectivity index (χ4v) is 4.39. The summed E-state index contributed by atoms with van der Waals surface area (Å²) in [4.78, 5) is 0. The number of hydrogen-bond donors (Lipinski definition) is 0. The molecule has 0 aromatic rings. The van der Waals surface area contributed by atoms with Crippen LogP contribution in [-0.4, -0.2) is 190 Å². The van der Waals surface area contributed by atoms with Crippen molar-refractivity contribution in [2.24, 2.45) is 0 Å². The average Bonchev–Trinajstić information content (AvgIpc) is 2.52. The summed E-state index contributed by atoms with van der Waals surface area (Å²) < 4.78 is 0. The van der Waals surface area contributed by atoms with Gasteiger partial charge in [0.2, 0.25) is 0 Å². The van der Waals surface area contributed by atoms with E-state index in [0.29, 0.717) is 0 Å². The van der Waals surface area contributed by atoms with E-state index in [1.165, 1.54) is 13.1 Å². The van der Waals surface area contributed by atoms with Gasteiger partial charge in [-0.05, 0) is 0 Å². The molecular formula is B27S. The third kappa shape index (κ3) is 8.15. The Kier molecular flexibility index (Phi) is 15.2. The predicted octanol–water partition coefficient (Wildman–Crippen LogP) is -9.63. The molecule has 0 fully saturated rings. The van der Waals surface area contributed by atoms with Crippen molar-refractivity contribution >= 4 is 202 Å². The van der Waals surface area contributed by atoms with E-state index in [-0.39, 0.29) is 0 Å². The minimum absolute atomic E-state index is 0.626. The molecular weight excluding hydrogens is 324 g/mol. The van der Waals surface area contributed by atoms with Crippen molar-refractivity contribution in [3.63, 3.8) is 0 Å². The molecule has 0 spiro atoms. The maximum atomic E-state index is 6.04. The molecule has 0 aliphatic rings. The summed E-state index contributed by atoms with van der Waals surface area (Å²) in [6.07, 6.45) is -9.77. The Balaban J connectivity index is 6.63. The van der Waals surface area contributed by atoms with E-state index >= 15 is 0 Å². The van der Waals surface area contributed by atoms with Gasteiger partial charge in [0.05, 0.1) is 0 Å². The van der Waals surface area contributed by atoms with E-state index in [2.05, 4.69) is 0 Å². The quantitative estimate of drug-likeness (QED) is 0.303. The summed E-state index contributed by atoms with van der Waals surface area (Å²) in [5, 5.41) is 0. The van der Waals surface area contributed by atoms with E-state index in [9.17, 15) is 0 Å². The Morgan fingerprint density at radius 3 is 0.929 bits per heavy atom. The zero-order valence-electron chi connectivity index (χ0n) is 16.0. The molecule has 0 aromatic carbocycles. The zero-order valence-corrected chi connectivity index (χ0v) is 16.8. The molecule has 0 saturated carbocycles. The van der Waals surface area contributed by atoms with Crippen LogP contribution in [0.4, 0.5) is 0 Å². The molecule has 0 aromatic heterocycles. The molecule has 0 nitrogen and oxygen atoms in total. The van der Waals surface area contributed by atoms with Crippen LogP contribution in [0.25, 0.3) is 0 Å². The van der Waals surface area contributed by atoms with Gasteiger partial charge in [0, 0.05) is 0 Å². The molecule has 0 saturated heterocycles.